The van der Waals surface area contributed by atoms with E-state index in [9.17, 15) is 18.0 Å². The first-order valence-corrected chi connectivity index (χ1v) is 11.0. The second-order valence-corrected chi connectivity index (χ2v) is 8.59. The summed E-state index contributed by atoms with van der Waals surface area (Å²) in [6.07, 6.45) is 2.91. The summed E-state index contributed by atoms with van der Waals surface area (Å²) >= 11 is 0. The van der Waals surface area contributed by atoms with E-state index in [0.29, 0.717) is 30.3 Å². The maximum absolute atomic E-state index is 13.0. The monoisotopic (exact) mass is 472 g/mol. The molecule has 3 heterocycles. The number of benzene rings is 1. The first-order chi connectivity index (χ1) is 16.3. The van der Waals surface area contributed by atoms with Gasteiger partial charge in [0, 0.05) is 41.2 Å². The molecule has 1 saturated carbocycles. The van der Waals surface area contributed by atoms with Gasteiger partial charge in [0.2, 0.25) is 5.88 Å². The predicted molar refractivity (Wildman–Crippen MR) is 118 cm³/mol. The van der Waals surface area contributed by atoms with Crippen molar-refractivity contribution in [1.82, 2.24) is 14.8 Å². The molecule has 2 aromatic heterocycles. The first-order valence-electron chi connectivity index (χ1n) is 11.0. The second kappa shape index (κ2) is 8.34. The number of methoxy groups -OCH3 is 1. The Morgan fingerprint density at radius 1 is 1.12 bits per heavy atom. The lowest BCUT2D eigenvalue weighted by molar-refractivity contribution is -0.137. The number of hydrogen-bond acceptors (Lipinski definition) is 5. The second-order valence-electron chi connectivity index (χ2n) is 8.59. The van der Waals surface area contributed by atoms with Gasteiger partial charge in [-0.3, -0.25) is 9.58 Å². The van der Waals surface area contributed by atoms with Crippen molar-refractivity contribution in [3.63, 3.8) is 0 Å². The molecule has 0 N–H and O–H groups in total. The Hall–Kier alpha value is -3.56. The van der Waals surface area contributed by atoms with E-state index in [2.05, 4.69) is 10.1 Å². The van der Waals surface area contributed by atoms with Crippen LogP contribution in [0.5, 0.6) is 11.6 Å². The third kappa shape index (κ3) is 4.08. The quantitative estimate of drug-likeness (QED) is 0.466. The summed E-state index contributed by atoms with van der Waals surface area (Å²) in [6.45, 7) is 1.94. The largest absolute Gasteiger partial charge is 0.452 e. The van der Waals surface area contributed by atoms with Crippen molar-refractivity contribution in [2.45, 2.75) is 50.9 Å². The highest BCUT2D eigenvalue weighted by molar-refractivity contribution is 5.92. The van der Waals surface area contributed by atoms with E-state index in [1.54, 1.807) is 11.1 Å². The fourth-order valence-corrected chi connectivity index (χ4v) is 4.25. The van der Waals surface area contributed by atoms with E-state index in [0.717, 1.165) is 41.8 Å². The maximum Gasteiger partial charge on any atom is 0.417 e. The minimum Gasteiger partial charge on any atom is -0.452 e. The Kier molecular flexibility index (Phi) is 5.45. The minimum atomic E-state index is -4.49. The van der Waals surface area contributed by atoms with Crippen LogP contribution in [-0.2, 0) is 17.3 Å². The number of amides is 1. The van der Waals surface area contributed by atoms with Crippen LogP contribution >= 0.6 is 0 Å². The average Bonchev–Trinajstić information content (AvgIpc) is 3.55. The predicted octanol–water partition coefficient (Wildman–Crippen LogP) is 6.00. The molecule has 1 aliphatic carbocycles. The van der Waals surface area contributed by atoms with Crippen LogP contribution in [0.4, 0.5) is 23.7 Å². The van der Waals surface area contributed by atoms with Crippen molar-refractivity contribution < 1.29 is 27.4 Å². The maximum atomic E-state index is 13.0. The van der Waals surface area contributed by atoms with Crippen LogP contribution in [0.15, 0.2) is 42.9 Å². The molecule has 1 unspecified atom stereocenters. The Morgan fingerprint density at radius 2 is 1.91 bits per heavy atom. The van der Waals surface area contributed by atoms with Crippen LogP contribution < -0.4 is 9.64 Å². The molecular weight excluding hydrogens is 449 g/mol. The van der Waals surface area contributed by atoms with E-state index in [-0.39, 0.29) is 11.9 Å². The van der Waals surface area contributed by atoms with E-state index in [1.807, 2.05) is 29.9 Å². The zero-order valence-corrected chi connectivity index (χ0v) is 18.7. The lowest BCUT2D eigenvalue weighted by Gasteiger charge is -2.35. The van der Waals surface area contributed by atoms with E-state index < -0.39 is 17.8 Å². The molecule has 7 nitrogen and oxygen atoms in total. The van der Waals surface area contributed by atoms with Gasteiger partial charge in [0.1, 0.15) is 5.75 Å². The smallest absolute Gasteiger partial charge is 0.417 e. The Balaban J connectivity index is 1.60. The van der Waals surface area contributed by atoms with Crippen LogP contribution in [0.3, 0.4) is 0 Å². The van der Waals surface area contributed by atoms with E-state index >= 15 is 0 Å². The number of rotatable bonds is 4. The zero-order valence-electron chi connectivity index (χ0n) is 18.7. The minimum absolute atomic E-state index is 0.0282. The standard InChI is InChI=1S/C24H23F3N4O3/c1-14-3-7-19-20(31(14)23(32)33-2)9-8-18(15-11-29-30(13-15)17-5-6-17)22(19)34-21-10-4-16(12-28-21)24(25,26)27/h4,8-14,17H,3,5-7H2,1-2H3. The summed E-state index contributed by atoms with van der Waals surface area (Å²) in [6, 6.07) is 6.12. The van der Waals surface area contributed by atoms with Crippen molar-refractivity contribution >= 4 is 11.8 Å². The van der Waals surface area contributed by atoms with Gasteiger partial charge >= 0.3 is 12.3 Å². The number of alkyl halides is 3. The highest BCUT2D eigenvalue weighted by Crippen LogP contribution is 2.45. The van der Waals surface area contributed by atoms with Gasteiger partial charge in [-0.05, 0) is 50.8 Å². The molecule has 2 aliphatic rings. The van der Waals surface area contributed by atoms with Crippen LogP contribution in [0.1, 0.15) is 43.4 Å². The van der Waals surface area contributed by atoms with Gasteiger partial charge in [-0.2, -0.15) is 18.3 Å². The third-order valence-corrected chi connectivity index (χ3v) is 6.22. The summed E-state index contributed by atoms with van der Waals surface area (Å²) < 4.78 is 52.0. The molecule has 178 valence electrons. The SMILES string of the molecule is COC(=O)N1c2ccc(-c3cnn(C4CC4)c3)c(Oc3ccc(C(F)(F)F)cn3)c2CCC1C. The topological polar surface area (TPSA) is 69.5 Å². The summed E-state index contributed by atoms with van der Waals surface area (Å²) in [5.74, 6) is 0.474. The van der Waals surface area contributed by atoms with Crippen molar-refractivity contribution in [3.05, 3.63) is 54.0 Å². The number of pyridine rings is 1. The van der Waals surface area contributed by atoms with Gasteiger partial charge in [0.05, 0.1) is 30.6 Å². The van der Waals surface area contributed by atoms with Gasteiger partial charge in [-0.1, -0.05) is 0 Å². The number of ether oxygens (including phenoxy) is 2. The fourth-order valence-electron chi connectivity index (χ4n) is 4.25. The van der Waals surface area contributed by atoms with Crippen molar-refractivity contribution in [2.24, 2.45) is 0 Å². The summed E-state index contributed by atoms with van der Waals surface area (Å²) in [5.41, 5.74) is 2.10. The van der Waals surface area contributed by atoms with Crippen LogP contribution in [0.2, 0.25) is 0 Å². The molecule has 5 rings (SSSR count). The van der Waals surface area contributed by atoms with Crippen molar-refractivity contribution in [3.8, 4) is 22.8 Å². The lowest BCUT2D eigenvalue weighted by atomic mass is 9.92. The van der Waals surface area contributed by atoms with Gasteiger partial charge in [0.25, 0.3) is 0 Å². The number of carbonyl (C=O) groups is 1. The number of halogens is 3. The van der Waals surface area contributed by atoms with Crippen LogP contribution in [0.25, 0.3) is 11.1 Å². The number of aromatic nitrogens is 3. The summed E-state index contributed by atoms with van der Waals surface area (Å²) in [5, 5.41) is 4.46. The molecule has 0 spiro atoms. The average molecular weight is 472 g/mol. The third-order valence-electron chi connectivity index (χ3n) is 6.22. The molecule has 34 heavy (non-hydrogen) atoms. The van der Waals surface area contributed by atoms with Crippen molar-refractivity contribution in [1.29, 1.82) is 0 Å². The molecule has 10 heteroatoms. The molecule has 1 aliphatic heterocycles. The first kappa shape index (κ1) is 22.2. The molecule has 1 amide bonds. The Labute approximate surface area is 194 Å². The summed E-state index contributed by atoms with van der Waals surface area (Å²) in [4.78, 5) is 18.0. The van der Waals surface area contributed by atoms with Gasteiger partial charge in [0.15, 0.2) is 0 Å². The molecule has 0 saturated heterocycles. The number of fused-ring (bicyclic) bond motifs is 1. The molecule has 1 atom stereocenters. The van der Waals surface area contributed by atoms with Crippen LogP contribution in [-0.4, -0.2) is 34.0 Å². The molecule has 1 aromatic carbocycles. The van der Waals surface area contributed by atoms with E-state index in [4.69, 9.17) is 9.47 Å². The number of carbonyl (C=O) groups excluding carboxylic acids is 1. The number of anilines is 1. The number of hydrogen-bond donors (Lipinski definition) is 0. The van der Waals surface area contributed by atoms with Gasteiger partial charge in [-0.25, -0.2) is 9.78 Å². The Morgan fingerprint density at radius 3 is 2.56 bits per heavy atom. The number of nitrogens with zero attached hydrogens (tertiary/aromatic N) is 4. The molecule has 0 radical (unpaired) electrons. The molecule has 1 fully saturated rings. The van der Waals surface area contributed by atoms with Gasteiger partial charge < -0.3 is 9.47 Å². The fraction of sp³-hybridized carbons (Fsp3) is 0.375. The molecule has 3 aromatic rings. The molecule has 0 bridgehead atoms. The van der Waals surface area contributed by atoms with Crippen LogP contribution in [0, 0.1) is 0 Å². The lowest BCUT2D eigenvalue weighted by Crippen LogP contribution is -2.42. The zero-order chi connectivity index (χ0) is 24.0. The molecular formula is C24H23F3N4O3. The highest BCUT2D eigenvalue weighted by atomic mass is 19.4. The van der Waals surface area contributed by atoms with Gasteiger partial charge in [-0.15, -0.1) is 0 Å². The van der Waals surface area contributed by atoms with Crippen molar-refractivity contribution in [2.75, 3.05) is 12.0 Å². The Bertz CT molecular complexity index is 1220. The normalized spacial score (nSPS) is 17.9. The highest BCUT2D eigenvalue weighted by Gasteiger charge is 2.34. The summed E-state index contributed by atoms with van der Waals surface area (Å²) in [7, 11) is 1.33. The van der Waals surface area contributed by atoms with E-state index in [1.165, 1.54) is 13.2 Å².